The molecule has 0 amide bonds. The van der Waals surface area contributed by atoms with Crippen LogP contribution in [0.4, 0.5) is 0 Å². The molecule has 1 aliphatic heterocycles. The van der Waals surface area contributed by atoms with Gasteiger partial charge in [0.25, 0.3) is 0 Å². The van der Waals surface area contributed by atoms with Crippen LogP contribution in [0.1, 0.15) is 0 Å². The highest BCUT2D eigenvalue weighted by Gasteiger charge is 2.41. The summed E-state index contributed by atoms with van der Waals surface area (Å²) >= 11 is 0. The van der Waals surface area contributed by atoms with E-state index in [-0.39, 0.29) is 0 Å². The summed E-state index contributed by atoms with van der Waals surface area (Å²) in [5.74, 6) is 0.745. The highest BCUT2D eigenvalue weighted by Crippen LogP contribution is 2.38. The molecule has 0 spiro atoms. The SMILES string of the molecule is C[Si]1(C)c2ccccc2-c2nc(-c3ccc4c5ccccc5n(-c5ccccc5)c4c3)nc(-c3cccc(-n4c5ccccc5c5ccccc54)c3)c21. The topological polar surface area (TPSA) is 35.6 Å². The number of hydrogen-bond acceptors (Lipinski definition) is 2. The summed E-state index contributed by atoms with van der Waals surface area (Å²) in [6, 6.07) is 61.3. The second-order valence-electron chi connectivity index (χ2n) is 14.6. The Morgan fingerprint density at radius 3 is 1.66 bits per heavy atom. The summed E-state index contributed by atoms with van der Waals surface area (Å²) in [5, 5.41) is 7.68. The molecule has 250 valence electrons. The van der Waals surface area contributed by atoms with Crippen LogP contribution in [0.15, 0.2) is 170 Å². The van der Waals surface area contributed by atoms with Gasteiger partial charge in [-0.05, 0) is 64.5 Å². The maximum absolute atomic E-state index is 5.58. The van der Waals surface area contributed by atoms with Crippen molar-refractivity contribution in [2.45, 2.75) is 13.1 Å². The van der Waals surface area contributed by atoms with Crippen molar-refractivity contribution in [1.29, 1.82) is 0 Å². The molecule has 53 heavy (non-hydrogen) atoms. The number of hydrogen-bond donors (Lipinski definition) is 0. The molecule has 0 bridgehead atoms. The summed E-state index contributed by atoms with van der Waals surface area (Å²) in [6.45, 7) is 4.90. The number of para-hydroxylation sites is 4. The average molecular weight is 695 g/mol. The van der Waals surface area contributed by atoms with Crippen LogP contribution >= 0.6 is 0 Å². The zero-order valence-corrected chi connectivity index (χ0v) is 30.5. The van der Waals surface area contributed by atoms with Crippen molar-refractivity contribution in [3.63, 3.8) is 0 Å². The molecule has 0 unspecified atom stereocenters. The minimum absolute atomic E-state index is 0.745. The molecule has 0 radical (unpaired) electrons. The summed E-state index contributed by atoms with van der Waals surface area (Å²) < 4.78 is 4.76. The molecule has 0 aliphatic carbocycles. The van der Waals surface area contributed by atoms with E-state index in [0.717, 1.165) is 45.2 Å². The van der Waals surface area contributed by atoms with Gasteiger partial charge in [0.15, 0.2) is 5.82 Å². The van der Waals surface area contributed by atoms with Gasteiger partial charge in [-0.3, -0.25) is 0 Å². The van der Waals surface area contributed by atoms with Gasteiger partial charge in [-0.15, -0.1) is 0 Å². The predicted octanol–water partition coefficient (Wildman–Crippen LogP) is 10.8. The Balaban J connectivity index is 1.17. The fourth-order valence-electron chi connectivity index (χ4n) is 8.91. The third-order valence-corrected chi connectivity index (χ3v) is 14.8. The van der Waals surface area contributed by atoms with Crippen LogP contribution in [0.25, 0.3) is 88.9 Å². The largest absolute Gasteiger partial charge is 0.309 e. The maximum atomic E-state index is 5.58. The van der Waals surface area contributed by atoms with Crippen LogP contribution in [-0.4, -0.2) is 27.2 Å². The highest BCUT2D eigenvalue weighted by molar-refractivity contribution is 7.04. The van der Waals surface area contributed by atoms with E-state index in [4.69, 9.17) is 9.97 Å². The molecule has 1 aliphatic rings. The van der Waals surface area contributed by atoms with Crippen LogP contribution in [-0.2, 0) is 0 Å². The molecular weight excluding hydrogens is 661 g/mol. The van der Waals surface area contributed by atoms with E-state index < -0.39 is 8.07 Å². The fourth-order valence-corrected chi connectivity index (χ4v) is 12.1. The van der Waals surface area contributed by atoms with Crippen molar-refractivity contribution in [3.05, 3.63) is 170 Å². The van der Waals surface area contributed by atoms with Crippen molar-refractivity contribution >= 4 is 62.1 Å². The van der Waals surface area contributed by atoms with Crippen molar-refractivity contribution in [1.82, 2.24) is 19.1 Å². The normalized spacial score (nSPS) is 13.2. The van der Waals surface area contributed by atoms with E-state index in [2.05, 4.69) is 192 Å². The Morgan fingerprint density at radius 2 is 0.962 bits per heavy atom. The Kier molecular flexibility index (Phi) is 6.37. The quantitative estimate of drug-likeness (QED) is 0.172. The highest BCUT2D eigenvalue weighted by atomic mass is 28.3. The molecule has 4 heterocycles. The molecule has 0 N–H and O–H groups in total. The second-order valence-corrected chi connectivity index (χ2v) is 18.9. The molecule has 0 fully saturated rings. The van der Waals surface area contributed by atoms with Crippen molar-refractivity contribution < 1.29 is 0 Å². The Hall–Kier alpha value is -6.56. The standard InChI is InChI=1S/C48H34N4Si/c1-53(2)44-26-13-9-22-39(44)46-47(53)45(31-15-14-18-34(29-31)52-41-24-11-6-19-35(41)36-20-7-12-25-42(36)52)49-48(50-46)32-27-28-38-37-21-8-10-23-40(37)51(43(38)30-32)33-16-4-3-5-17-33/h3-30H,1-2H3. The monoisotopic (exact) mass is 694 g/mol. The number of nitrogens with zero attached hydrogens (tertiary/aromatic N) is 4. The fraction of sp³-hybridized carbons (Fsp3) is 0.0417. The molecule has 4 nitrogen and oxygen atoms in total. The molecular formula is C48H34N4Si. The van der Waals surface area contributed by atoms with Crippen molar-refractivity contribution in [2.24, 2.45) is 0 Å². The number of fused-ring (bicyclic) bond motifs is 9. The zero-order valence-electron chi connectivity index (χ0n) is 29.5. The summed E-state index contributed by atoms with van der Waals surface area (Å²) in [5.41, 5.74) is 12.4. The lowest BCUT2D eigenvalue weighted by Gasteiger charge is -2.22. The molecule has 7 aromatic carbocycles. The van der Waals surface area contributed by atoms with E-state index in [1.807, 2.05) is 0 Å². The summed E-state index contributed by atoms with van der Waals surface area (Å²) in [6.07, 6.45) is 0. The molecule has 11 rings (SSSR count). The van der Waals surface area contributed by atoms with Gasteiger partial charge in [-0.25, -0.2) is 9.97 Å². The first-order valence-corrected chi connectivity index (χ1v) is 21.3. The Bertz CT molecular complexity index is 3040. The van der Waals surface area contributed by atoms with Crippen LogP contribution in [0, 0.1) is 0 Å². The first-order valence-electron chi connectivity index (χ1n) is 18.3. The molecule has 3 aromatic heterocycles. The molecule has 0 atom stereocenters. The molecule has 10 aromatic rings. The predicted molar refractivity (Wildman–Crippen MR) is 224 cm³/mol. The minimum Gasteiger partial charge on any atom is -0.309 e. The maximum Gasteiger partial charge on any atom is 0.160 e. The smallest absolute Gasteiger partial charge is 0.160 e. The van der Waals surface area contributed by atoms with Crippen LogP contribution in [0.3, 0.4) is 0 Å². The van der Waals surface area contributed by atoms with Gasteiger partial charge in [0, 0.05) is 44.0 Å². The first-order chi connectivity index (χ1) is 26.1. The van der Waals surface area contributed by atoms with Gasteiger partial charge in [0.05, 0.1) is 33.5 Å². The molecule has 0 saturated heterocycles. The van der Waals surface area contributed by atoms with Crippen molar-refractivity contribution in [2.75, 3.05) is 0 Å². The van der Waals surface area contributed by atoms with E-state index >= 15 is 0 Å². The Morgan fingerprint density at radius 1 is 0.415 bits per heavy atom. The van der Waals surface area contributed by atoms with Crippen LogP contribution in [0.2, 0.25) is 13.1 Å². The van der Waals surface area contributed by atoms with Gasteiger partial charge in [0.2, 0.25) is 0 Å². The molecule has 5 heteroatoms. The third-order valence-electron chi connectivity index (χ3n) is 11.3. The second kappa shape index (κ2) is 11.2. The third kappa shape index (κ3) is 4.35. The molecule has 0 saturated carbocycles. The summed E-state index contributed by atoms with van der Waals surface area (Å²) in [4.78, 5) is 11.1. The van der Waals surface area contributed by atoms with Crippen LogP contribution in [0.5, 0.6) is 0 Å². The van der Waals surface area contributed by atoms with E-state index in [0.29, 0.717) is 0 Å². The van der Waals surface area contributed by atoms with E-state index in [1.165, 1.54) is 54.0 Å². The van der Waals surface area contributed by atoms with Crippen molar-refractivity contribution in [3.8, 4) is 45.3 Å². The average Bonchev–Trinajstić information content (AvgIpc) is 3.81. The number of benzene rings is 7. The summed E-state index contributed by atoms with van der Waals surface area (Å²) in [7, 11) is -2.16. The van der Waals surface area contributed by atoms with Crippen LogP contribution < -0.4 is 10.4 Å². The number of rotatable bonds is 4. The lowest BCUT2D eigenvalue weighted by Crippen LogP contribution is -2.50. The zero-order chi connectivity index (χ0) is 35.3. The van der Waals surface area contributed by atoms with Gasteiger partial charge in [0.1, 0.15) is 8.07 Å². The lowest BCUT2D eigenvalue weighted by atomic mass is 10.1. The van der Waals surface area contributed by atoms with E-state index in [9.17, 15) is 0 Å². The number of aromatic nitrogens is 4. The van der Waals surface area contributed by atoms with Gasteiger partial charge in [-0.2, -0.15) is 0 Å². The lowest BCUT2D eigenvalue weighted by molar-refractivity contribution is 1.17. The minimum atomic E-state index is -2.16. The first kappa shape index (κ1) is 30.1. The van der Waals surface area contributed by atoms with Gasteiger partial charge in [-0.1, -0.05) is 134 Å². The van der Waals surface area contributed by atoms with Gasteiger partial charge >= 0.3 is 0 Å². The van der Waals surface area contributed by atoms with E-state index in [1.54, 1.807) is 0 Å². The Labute approximate surface area is 308 Å². The van der Waals surface area contributed by atoms with Gasteiger partial charge < -0.3 is 9.13 Å².